The number of hydrogen-bond acceptors (Lipinski definition) is 8. The number of imidazole rings is 1. The van der Waals surface area contributed by atoms with Gasteiger partial charge < -0.3 is 24.1 Å². The zero-order valence-electron chi connectivity index (χ0n) is 15.3. The van der Waals surface area contributed by atoms with Crippen LogP contribution in [0.25, 0.3) is 15.9 Å². The molecule has 4 rings (SSSR count). The highest BCUT2D eigenvalue weighted by atomic mass is 35.5. The van der Waals surface area contributed by atoms with Gasteiger partial charge in [0.2, 0.25) is 11.0 Å². The number of rotatable bonds is 6. The first-order valence-electron chi connectivity index (χ1n) is 8.15. The molecule has 144 valence electrons. The molecule has 8 nitrogen and oxygen atoms in total. The minimum Gasteiger partial charge on any atom is -0.493 e. The van der Waals surface area contributed by atoms with Gasteiger partial charge in [0.1, 0.15) is 22.8 Å². The van der Waals surface area contributed by atoms with Gasteiger partial charge in [-0.05, 0) is 23.0 Å². The van der Waals surface area contributed by atoms with Gasteiger partial charge in [-0.2, -0.15) is 4.98 Å². The molecule has 0 saturated heterocycles. The SMILES string of the molecule is COc1cc(-n2cnc(Nc3nc(Cl)nc4sccc34)c2)cc(OC)c1OC. The molecule has 0 spiro atoms. The van der Waals surface area contributed by atoms with Crippen LogP contribution in [0, 0.1) is 0 Å². The van der Waals surface area contributed by atoms with E-state index >= 15 is 0 Å². The van der Waals surface area contributed by atoms with Crippen molar-refractivity contribution in [3.63, 3.8) is 0 Å². The molecule has 28 heavy (non-hydrogen) atoms. The second-order valence-corrected chi connectivity index (χ2v) is 6.89. The van der Waals surface area contributed by atoms with Crippen molar-refractivity contribution in [2.45, 2.75) is 0 Å². The molecule has 1 aromatic carbocycles. The predicted octanol–water partition coefficient (Wildman–Crippen LogP) is 4.30. The van der Waals surface area contributed by atoms with E-state index in [2.05, 4.69) is 20.3 Å². The van der Waals surface area contributed by atoms with Gasteiger partial charge in [0, 0.05) is 12.1 Å². The van der Waals surface area contributed by atoms with Crippen LogP contribution in [0.4, 0.5) is 11.6 Å². The van der Waals surface area contributed by atoms with Crippen molar-refractivity contribution < 1.29 is 14.2 Å². The summed E-state index contributed by atoms with van der Waals surface area (Å²) in [5, 5.41) is 6.20. The average molecular weight is 418 g/mol. The Morgan fingerprint density at radius 1 is 1.07 bits per heavy atom. The summed E-state index contributed by atoms with van der Waals surface area (Å²) in [6.45, 7) is 0. The lowest BCUT2D eigenvalue weighted by Crippen LogP contribution is -1.99. The van der Waals surface area contributed by atoms with Crippen molar-refractivity contribution in [2.75, 3.05) is 26.6 Å². The maximum Gasteiger partial charge on any atom is 0.225 e. The third-order valence-electron chi connectivity index (χ3n) is 4.07. The molecule has 3 aromatic heterocycles. The predicted molar refractivity (Wildman–Crippen MR) is 109 cm³/mol. The lowest BCUT2D eigenvalue weighted by atomic mass is 10.2. The maximum atomic E-state index is 6.02. The van der Waals surface area contributed by atoms with E-state index in [1.54, 1.807) is 27.7 Å². The number of thiophene rings is 1. The van der Waals surface area contributed by atoms with Crippen LogP contribution in [0.3, 0.4) is 0 Å². The molecule has 0 aliphatic carbocycles. The Labute approximate surface area is 169 Å². The van der Waals surface area contributed by atoms with Crippen LogP contribution < -0.4 is 19.5 Å². The number of ether oxygens (including phenoxy) is 3. The smallest absolute Gasteiger partial charge is 0.225 e. The fraction of sp³-hybridized carbons (Fsp3) is 0.167. The lowest BCUT2D eigenvalue weighted by molar-refractivity contribution is 0.324. The maximum absolute atomic E-state index is 6.02. The molecule has 0 amide bonds. The molecule has 4 aromatic rings. The first-order valence-corrected chi connectivity index (χ1v) is 9.41. The quantitative estimate of drug-likeness (QED) is 0.468. The Bertz CT molecular complexity index is 1120. The van der Waals surface area contributed by atoms with Crippen molar-refractivity contribution in [1.82, 2.24) is 19.5 Å². The van der Waals surface area contributed by atoms with Gasteiger partial charge in [-0.3, -0.25) is 0 Å². The summed E-state index contributed by atoms with van der Waals surface area (Å²) in [7, 11) is 4.72. The standard InChI is InChI=1S/C18H16ClN5O3S/c1-25-12-6-10(7-13(26-2)15(12)27-3)24-8-14(20-9-24)21-16-11-4-5-28-17(11)23-18(19)22-16/h4-9H,1-3H3,(H,21,22,23). The van der Waals surface area contributed by atoms with Crippen LogP contribution in [0.2, 0.25) is 5.28 Å². The van der Waals surface area contributed by atoms with Gasteiger partial charge in [0.25, 0.3) is 0 Å². The molecule has 0 atom stereocenters. The Kier molecular flexibility index (Phi) is 4.93. The fourth-order valence-corrected chi connectivity index (χ4v) is 3.77. The molecule has 0 bridgehead atoms. The summed E-state index contributed by atoms with van der Waals surface area (Å²) in [4.78, 5) is 13.7. The van der Waals surface area contributed by atoms with E-state index in [1.807, 2.05) is 34.3 Å². The summed E-state index contributed by atoms with van der Waals surface area (Å²) in [5.41, 5.74) is 0.802. The van der Waals surface area contributed by atoms with Gasteiger partial charge in [-0.25, -0.2) is 9.97 Å². The number of benzene rings is 1. The normalized spacial score (nSPS) is 10.9. The summed E-state index contributed by atoms with van der Waals surface area (Å²) in [5.74, 6) is 2.86. The number of methoxy groups -OCH3 is 3. The first kappa shape index (κ1) is 18.3. The van der Waals surface area contributed by atoms with Crippen molar-refractivity contribution in [2.24, 2.45) is 0 Å². The van der Waals surface area contributed by atoms with E-state index in [0.717, 1.165) is 15.9 Å². The zero-order valence-corrected chi connectivity index (χ0v) is 16.8. The van der Waals surface area contributed by atoms with Gasteiger partial charge >= 0.3 is 0 Å². The second kappa shape index (κ2) is 7.53. The van der Waals surface area contributed by atoms with Crippen molar-refractivity contribution in [1.29, 1.82) is 0 Å². The van der Waals surface area contributed by atoms with E-state index in [9.17, 15) is 0 Å². The van der Waals surface area contributed by atoms with Crippen molar-refractivity contribution in [3.05, 3.63) is 41.4 Å². The van der Waals surface area contributed by atoms with E-state index < -0.39 is 0 Å². The molecule has 10 heteroatoms. The summed E-state index contributed by atoms with van der Waals surface area (Å²) in [6.07, 6.45) is 3.51. The summed E-state index contributed by atoms with van der Waals surface area (Å²) in [6, 6.07) is 5.62. The summed E-state index contributed by atoms with van der Waals surface area (Å²) < 4.78 is 18.0. The topological polar surface area (TPSA) is 83.3 Å². The van der Waals surface area contributed by atoms with Crippen LogP contribution in [-0.2, 0) is 0 Å². The van der Waals surface area contributed by atoms with Crippen LogP contribution in [0.1, 0.15) is 0 Å². The highest BCUT2D eigenvalue weighted by Gasteiger charge is 2.15. The minimum absolute atomic E-state index is 0.182. The third-order valence-corrected chi connectivity index (χ3v) is 5.05. The first-order chi connectivity index (χ1) is 13.6. The van der Waals surface area contributed by atoms with Crippen LogP contribution in [0.5, 0.6) is 17.2 Å². The molecule has 0 fully saturated rings. The molecule has 1 N–H and O–H groups in total. The van der Waals surface area contributed by atoms with E-state index in [-0.39, 0.29) is 5.28 Å². The fourth-order valence-electron chi connectivity index (χ4n) is 2.79. The molecule has 0 unspecified atom stereocenters. The van der Waals surface area contributed by atoms with E-state index in [0.29, 0.717) is 28.9 Å². The van der Waals surface area contributed by atoms with Gasteiger partial charge in [-0.15, -0.1) is 11.3 Å². The monoisotopic (exact) mass is 417 g/mol. The molecular weight excluding hydrogens is 402 g/mol. The van der Waals surface area contributed by atoms with Crippen LogP contribution >= 0.6 is 22.9 Å². The molecule has 0 aliphatic rings. The number of fused-ring (bicyclic) bond motifs is 1. The number of nitrogens with one attached hydrogen (secondary N) is 1. The van der Waals surface area contributed by atoms with Gasteiger partial charge in [-0.1, -0.05) is 0 Å². The number of anilines is 2. The Balaban J connectivity index is 1.69. The summed E-state index contributed by atoms with van der Waals surface area (Å²) >= 11 is 7.52. The highest BCUT2D eigenvalue weighted by molar-refractivity contribution is 7.16. The van der Waals surface area contributed by atoms with E-state index in [1.165, 1.54) is 11.3 Å². The third kappa shape index (κ3) is 3.30. The van der Waals surface area contributed by atoms with Gasteiger partial charge in [0.05, 0.1) is 38.6 Å². The number of nitrogens with zero attached hydrogens (tertiary/aromatic N) is 4. The number of halogens is 1. The Morgan fingerprint density at radius 2 is 1.82 bits per heavy atom. The van der Waals surface area contributed by atoms with Crippen molar-refractivity contribution >= 4 is 44.8 Å². The number of aromatic nitrogens is 4. The highest BCUT2D eigenvalue weighted by Crippen LogP contribution is 2.39. The van der Waals surface area contributed by atoms with Crippen molar-refractivity contribution in [3.8, 4) is 22.9 Å². The second-order valence-electron chi connectivity index (χ2n) is 5.66. The number of hydrogen-bond donors (Lipinski definition) is 1. The average Bonchev–Trinajstić information content (AvgIpc) is 3.36. The van der Waals surface area contributed by atoms with Gasteiger partial charge in [0.15, 0.2) is 11.5 Å². The van der Waals surface area contributed by atoms with Crippen LogP contribution in [-0.4, -0.2) is 40.8 Å². The molecule has 0 saturated carbocycles. The molecule has 0 radical (unpaired) electrons. The largest absolute Gasteiger partial charge is 0.493 e. The minimum atomic E-state index is 0.182. The molecule has 0 aliphatic heterocycles. The molecular formula is C18H16ClN5O3S. The van der Waals surface area contributed by atoms with E-state index in [4.69, 9.17) is 25.8 Å². The zero-order chi connectivity index (χ0) is 19.7. The Hall–Kier alpha value is -3.04. The lowest BCUT2D eigenvalue weighted by Gasteiger charge is -2.14. The molecule has 3 heterocycles. The Morgan fingerprint density at radius 3 is 2.50 bits per heavy atom. The van der Waals surface area contributed by atoms with Crippen LogP contribution in [0.15, 0.2) is 36.1 Å².